The van der Waals surface area contributed by atoms with Crippen LogP contribution in [0.4, 0.5) is 4.79 Å². The molecule has 0 aliphatic heterocycles. The van der Waals surface area contributed by atoms with Crippen LogP contribution in [0.1, 0.15) is 31.9 Å². The molecule has 0 saturated carbocycles. The first-order chi connectivity index (χ1) is 9.04. The molecule has 0 fully saturated rings. The number of amides is 1. The molecular weight excluding hydrogens is 242 g/mol. The van der Waals surface area contributed by atoms with Crippen molar-refractivity contribution < 1.29 is 14.6 Å². The van der Waals surface area contributed by atoms with Gasteiger partial charge < -0.3 is 15.2 Å². The van der Waals surface area contributed by atoms with Crippen LogP contribution in [-0.2, 0) is 4.74 Å². The number of hydrogen-bond acceptors (Lipinski definition) is 3. The molecule has 2 N–H and O–H groups in total. The van der Waals surface area contributed by atoms with E-state index in [1.165, 1.54) is 0 Å². The molecule has 19 heavy (non-hydrogen) atoms. The lowest BCUT2D eigenvalue weighted by Gasteiger charge is -2.19. The molecule has 2 atom stereocenters. The zero-order valence-electron chi connectivity index (χ0n) is 11.4. The fourth-order valence-electron chi connectivity index (χ4n) is 1.67. The fraction of sp³-hybridized carbons (Fsp3) is 0.400. The van der Waals surface area contributed by atoms with Crippen LogP contribution in [0, 0.1) is 0 Å². The maximum absolute atomic E-state index is 11.3. The van der Waals surface area contributed by atoms with Crippen LogP contribution in [-0.4, -0.2) is 23.8 Å². The van der Waals surface area contributed by atoms with E-state index < -0.39 is 12.2 Å². The number of nitrogens with one attached hydrogen (secondary N) is 1. The minimum absolute atomic E-state index is 0.239. The molecule has 0 saturated heterocycles. The lowest BCUT2D eigenvalue weighted by atomic mass is 9.99. The Morgan fingerprint density at radius 3 is 2.63 bits per heavy atom. The summed E-state index contributed by atoms with van der Waals surface area (Å²) in [5.41, 5.74) is 1.59. The minimum atomic E-state index is -0.611. The zero-order chi connectivity index (χ0) is 14.3. The highest BCUT2D eigenvalue weighted by molar-refractivity contribution is 5.68. The van der Waals surface area contributed by atoms with Gasteiger partial charge in [-0.05, 0) is 19.4 Å². The Bertz CT molecular complexity index is 417. The van der Waals surface area contributed by atoms with E-state index in [1.807, 2.05) is 37.3 Å². The third-order valence-electron chi connectivity index (χ3n) is 2.86. The van der Waals surface area contributed by atoms with Gasteiger partial charge in [0.25, 0.3) is 0 Å². The highest BCUT2D eigenvalue weighted by atomic mass is 16.5. The summed E-state index contributed by atoms with van der Waals surface area (Å²) in [6, 6.07) is 9.14. The summed E-state index contributed by atoms with van der Waals surface area (Å²) in [6.07, 6.45) is -0.678. The average molecular weight is 263 g/mol. The van der Waals surface area contributed by atoms with Gasteiger partial charge in [-0.1, -0.05) is 42.5 Å². The van der Waals surface area contributed by atoms with Gasteiger partial charge in [0.15, 0.2) is 0 Å². The summed E-state index contributed by atoms with van der Waals surface area (Å²) in [7, 11) is 0. The summed E-state index contributed by atoms with van der Waals surface area (Å²) in [5, 5.41) is 12.7. The fourth-order valence-corrected chi connectivity index (χ4v) is 1.67. The van der Waals surface area contributed by atoms with Gasteiger partial charge in [0.2, 0.25) is 0 Å². The van der Waals surface area contributed by atoms with E-state index in [-0.39, 0.29) is 6.04 Å². The number of aliphatic hydroxyl groups excluding tert-OH is 1. The number of aliphatic hydroxyl groups is 1. The Labute approximate surface area is 114 Å². The number of ether oxygens (including phenoxy) is 1. The maximum atomic E-state index is 11.3. The predicted octanol–water partition coefficient (Wildman–Crippen LogP) is 2.80. The maximum Gasteiger partial charge on any atom is 0.407 e. The third-order valence-corrected chi connectivity index (χ3v) is 2.86. The van der Waals surface area contributed by atoms with E-state index in [1.54, 1.807) is 6.92 Å². The van der Waals surface area contributed by atoms with Crippen LogP contribution in [0.3, 0.4) is 0 Å². The highest BCUT2D eigenvalue weighted by Gasteiger charge is 2.15. The van der Waals surface area contributed by atoms with E-state index in [2.05, 4.69) is 11.9 Å². The summed E-state index contributed by atoms with van der Waals surface area (Å²) < 4.78 is 4.80. The summed E-state index contributed by atoms with van der Waals surface area (Å²) >= 11 is 0. The monoisotopic (exact) mass is 263 g/mol. The van der Waals surface area contributed by atoms with Crippen LogP contribution in [0.25, 0.3) is 0 Å². The molecular formula is C15H21NO3. The van der Waals surface area contributed by atoms with Crippen molar-refractivity contribution in [2.45, 2.75) is 32.4 Å². The average Bonchev–Trinajstić information content (AvgIpc) is 2.39. The van der Waals surface area contributed by atoms with E-state index in [0.29, 0.717) is 13.0 Å². The summed E-state index contributed by atoms with van der Waals surface area (Å²) in [6.45, 7) is 7.80. The first kappa shape index (κ1) is 15.2. The molecule has 1 rings (SSSR count). The predicted molar refractivity (Wildman–Crippen MR) is 74.8 cm³/mol. The van der Waals surface area contributed by atoms with Gasteiger partial charge in [-0.25, -0.2) is 4.79 Å². The first-order valence-corrected chi connectivity index (χ1v) is 6.38. The highest BCUT2D eigenvalue weighted by Crippen LogP contribution is 2.21. The van der Waals surface area contributed by atoms with Crippen molar-refractivity contribution in [2.24, 2.45) is 0 Å². The van der Waals surface area contributed by atoms with E-state index >= 15 is 0 Å². The van der Waals surface area contributed by atoms with E-state index in [0.717, 1.165) is 11.1 Å². The van der Waals surface area contributed by atoms with Gasteiger partial charge >= 0.3 is 6.09 Å². The number of rotatable bonds is 6. The van der Waals surface area contributed by atoms with Gasteiger partial charge in [0.1, 0.15) is 0 Å². The molecule has 0 bridgehead atoms. The normalized spacial score (nSPS) is 13.4. The Kier molecular flexibility index (Phi) is 6.09. The standard InChI is InChI=1S/C15H21NO3/c1-4-19-15(18)16-12(3)11(2)10-14(17)13-8-6-5-7-9-13/h5-9,12,14,17H,2,4,10H2,1,3H3,(H,16,18)/t12-,14+/m1/s1. The largest absolute Gasteiger partial charge is 0.450 e. The second-order valence-corrected chi connectivity index (χ2v) is 4.38. The summed E-state index contributed by atoms with van der Waals surface area (Å²) in [4.78, 5) is 11.3. The van der Waals surface area contributed by atoms with E-state index in [4.69, 9.17) is 4.74 Å². The summed E-state index contributed by atoms with van der Waals surface area (Å²) in [5.74, 6) is 0. The van der Waals surface area contributed by atoms with Crippen molar-refractivity contribution in [2.75, 3.05) is 6.61 Å². The smallest absolute Gasteiger partial charge is 0.407 e. The van der Waals surface area contributed by atoms with E-state index in [9.17, 15) is 9.90 Å². The molecule has 1 aromatic rings. The second kappa shape index (κ2) is 7.59. The van der Waals surface area contributed by atoms with Crippen LogP contribution in [0.15, 0.2) is 42.5 Å². The number of hydrogen-bond donors (Lipinski definition) is 2. The topological polar surface area (TPSA) is 58.6 Å². The molecule has 0 aromatic heterocycles. The van der Waals surface area contributed by atoms with Gasteiger partial charge in [0.05, 0.1) is 18.8 Å². The lowest BCUT2D eigenvalue weighted by molar-refractivity contribution is 0.148. The van der Waals surface area contributed by atoms with Crippen molar-refractivity contribution >= 4 is 6.09 Å². The van der Waals surface area contributed by atoms with Gasteiger partial charge in [0, 0.05) is 6.42 Å². The molecule has 0 unspecified atom stereocenters. The Morgan fingerprint density at radius 2 is 2.05 bits per heavy atom. The van der Waals surface area contributed by atoms with Gasteiger partial charge in [-0.2, -0.15) is 0 Å². The number of carbonyl (C=O) groups is 1. The molecule has 104 valence electrons. The van der Waals surface area contributed by atoms with Crippen LogP contribution in [0.2, 0.25) is 0 Å². The Balaban J connectivity index is 2.48. The SMILES string of the molecule is C=C(C[C@H](O)c1ccccc1)[C@@H](C)NC(=O)OCC. The minimum Gasteiger partial charge on any atom is -0.450 e. The zero-order valence-corrected chi connectivity index (χ0v) is 11.4. The molecule has 4 heteroatoms. The second-order valence-electron chi connectivity index (χ2n) is 4.38. The molecule has 0 spiro atoms. The van der Waals surface area contributed by atoms with Crippen molar-refractivity contribution in [3.63, 3.8) is 0 Å². The first-order valence-electron chi connectivity index (χ1n) is 6.38. The quantitative estimate of drug-likeness (QED) is 0.776. The lowest BCUT2D eigenvalue weighted by Crippen LogP contribution is -2.34. The number of carbonyl (C=O) groups excluding carboxylic acids is 1. The Morgan fingerprint density at radius 1 is 1.42 bits per heavy atom. The molecule has 0 heterocycles. The molecule has 0 aliphatic carbocycles. The van der Waals surface area contributed by atoms with Gasteiger partial charge in [-0.15, -0.1) is 0 Å². The molecule has 1 aromatic carbocycles. The van der Waals surface area contributed by atoms with Crippen LogP contribution < -0.4 is 5.32 Å². The van der Waals surface area contributed by atoms with Crippen molar-refractivity contribution in [1.29, 1.82) is 0 Å². The molecule has 0 aliphatic rings. The third kappa shape index (κ3) is 5.14. The Hall–Kier alpha value is -1.81. The van der Waals surface area contributed by atoms with Crippen molar-refractivity contribution in [3.8, 4) is 0 Å². The number of alkyl carbamates (subject to hydrolysis) is 1. The van der Waals surface area contributed by atoms with Crippen LogP contribution in [0.5, 0.6) is 0 Å². The molecule has 1 amide bonds. The van der Waals surface area contributed by atoms with Crippen molar-refractivity contribution in [3.05, 3.63) is 48.0 Å². The molecule has 0 radical (unpaired) electrons. The van der Waals surface area contributed by atoms with Crippen LogP contribution >= 0.6 is 0 Å². The molecule has 4 nitrogen and oxygen atoms in total. The van der Waals surface area contributed by atoms with Gasteiger partial charge in [-0.3, -0.25) is 0 Å². The number of benzene rings is 1. The van der Waals surface area contributed by atoms with Crippen molar-refractivity contribution in [1.82, 2.24) is 5.32 Å².